The first-order valence-electron chi connectivity index (χ1n) is 10.00. The quantitative estimate of drug-likeness (QED) is 0.151. The van der Waals surface area contributed by atoms with Gasteiger partial charge in [-0.05, 0) is 51.6 Å². The summed E-state index contributed by atoms with van der Waals surface area (Å²) in [5, 5.41) is 28.2. The standard InChI is InChI=1S/C18H31N5O7/c19-8-2-1-4-12(17(28)23-13(18(29)30)6-7-15(25)26)22-14(24)10-21-16(27)11-5-3-9-20-11/h11-13,20H,1-10,19H2,(H,21,27)(H,22,24)(H,23,28)(H,25,26)(H,29,30). The number of rotatable bonds is 14. The lowest BCUT2D eigenvalue weighted by molar-refractivity contribution is -0.143. The molecule has 12 nitrogen and oxygen atoms in total. The maximum absolute atomic E-state index is 12.5. The Morgan fingerprint density at radius 1 is 1.03 bits per heavy atom. The number of unbranched alkanes of at least 4 members (excludes halogenated alkanes) is 1. The molecule has 12 heteroatoms. The Morgan fingerprint density at radius 2 is 1.77 bits per heavy atom. The largest absolute Gasteiger partial charge is 0.481 e. The minimum Gasteiger partial charge on any atom is -0.481 e. The number of carboxylic acids is 2. The Kier molecular flexibility index (Phi) is 11.4. The highest BCUT2D eigenvalue weighted by Crippen LogP contribution is 2.05. The number of nitrogens with one attached hydrogen (secondary N) is 4. The Morgan fingerprint density at radius 3 is 2.33 bits per heavy atom. The fourth-order valence-corrected chi connectivity index (χ4v) is 3.00. The van der Waals surface area contributed by atoms with E-state index in [9.17, 15) is 29.1 Å². The van der Waals surface area contributed by atoms with Gasteiger partial charge in [0.05, 0.1) is 12.6 Å². The molecule has 1 fully saturated rings. The van der Waals surface area contributed by atoms with Crippen molar-refractivity contribution in [2.75, 3.05) is 19.6 Å². The molecule has 0 aromatic carbocycles. The predicted molar refractivity (Wildman–Crippen MR) is 105 cm³/mol. The van der Waals surface area contributed by atoms with E-state index in [1.165, 1.54) is 0 Å². The molecule has 0 bridgehead atoms. The van der Waals surface area contributed by atoms with Crippen molar-refractivity contribution in [3.63, 3.8) is 0 Å². The molecule has 0 aromatic rings. The van der Waals surface area contributed by atoms with Crippen LogP contribution in [-0.2, 0) is 24.0 Å². The van der Waals surface area contributed by atoms with Gasteiger partial charge in [-0.2, -0.15) is 0 Å². The van der Waals surface area contributed by atoms with Gasteiger partial charge in [0.1, 0.15) is 12.1 Å². The summed E-state index contributed by atoms with van der Waals surface area (Å²) in [6.45, 7) is 0.808. The first kappa shape index (κ1) is 25.3. The molecule has 0 radical (unpaired) electrons. The van der Waals surface area contributed by atoms with Crippen molar-refractivity contribution in [3.8, 4) is 0 Å². The van der Waals surface area contributed by atoms with E-state index in [-0.39, 0.29) is 31.3 Å². The average molecular weight is 429 g/mol. The number of carboxylic acid groups (broad SMARTS) is 2. The molecule has 0 saturated carbocycles. The highest BCUT2D eigenvalue weighted by Gasteiger charge is 2.27. The SMILES string of the molecule is NCCCCC(NC(=O)CNC(=O)C1CCCN1)C(=O)NC(CCC(=O)O)C(=O)O. The van der Waals surface area contributed by atoms with Crippen molar-refractivity contribution >= 4 is 29.7 Å². The van der Waals surface area contributed by atoms with E-state index >= 15 is 0 Å². The van der Waals surface area contributed by atoms with Crippen LogP contribution < -0.4 is 27.0 Å². The molecular weight excluding hydrogens is 398 g/mol. The van der Waals surface area contributed by atoms with Gasteiger partial charge in [0, 0.05) is 6.42 Å². The number of aliphatic carboxylic acids is 2. The van der Waals surface area contributed by atoms with Gasteiger partial charge in [0.25, 0.3) is 0 Å². The molecular formula is C18H31N5O7. The fourth-order valence-electron chi connectivity index (χ4n) is 3.00. The molecule has 30 heavy (non-hydrogen) atoms. The molecule has 170 valence electrons. The number of amides is 3. The minimum absolute atomic E-state index is 0.220. The summed E-state index contributed by atoms with van der Waals surface area (Å²) in [6.07, 6.45) is 2.18. The number of nitrogens with two attached hydrogens (primary N) is 1. The van der Waals surface area contributed by atoms with Gasteiger partial charge in [0.2, 0.25) is 17.7 Å². The number of carbonyl (C=O) groups excluding carboxylic acids is 3. The summed E-state index contributed by atoms with van der Waals surface area (Å²) >= 11 is 0. The Hall–Kier alpha value is -2.73. The van der Waals surface area contributed by atoms with Crippen LogP contribution >= 0.6 is 0 Å². The summed E-state index contributed by atoms with van der Waals surface area (Å²) in [5.74, 6) is -4.18. The summed E-state index contributed by atoms with van der Waals surface area (Å²) in [6, 6.07) is -2.76. The van der Waals surface area contributed by atoms with Crippen LogP contribution in [0.15, 0.2) is 0 Å². The van der Waals surface area contributed by atoms with Gasteiger partial charge in [-0.3, -0.25) is 19.2 Å². The molecule has 1 aliphatic heterocycles. The van der Waals surface area contributed by atoms with Gasteiger partial charge < -0.3 is 37.2 Å². The Labute approximate surface area is 174 Å². The predicted octanol–water partition coefficient (Wildman–Crippen LogP) is -2.10. The maximum Gasteiger partial charge on any atom is 0.326 e. The highest BCUT2D eigenvalue weighted by atomic mass is 16.4. The van der Waals surface area contributed by atoms with E-state index in [2.05, 4.69) is 21.3 Å². The van der Waals surface area contributed by atoms with E-state index in [0.717, 1.165) is 13.0 Å². The molecule has 3 amide bonds. The van der Waals surface area contributed by atoms with Gasteiger partial charge in [-0.15, -0.1) is 0 Å². The zero-order chi connectivity index (χ0) is 22.5. The van der Waals surface area contributed by atoms with Gasteiger partial charge >= 0.3 is 11.9 Å². The van der Waals surface area contributed by atoms with E-state index in [1.54, 1.807) is 0 Å². The molecule has 1 saturated heterocycles. The third kappa shape index (κ3) is 9.65. The van der Waals surface area contributed by atoms with E-state index in [0.29, 0.717) is 25.8 Å². The second kappa shape index (κ2) is 13.5. The van der Waals surface area contributed by atoms with Crippen LogP contribution in [0.5, 0.6) is 0 Å². The second-order valence-corrected chi connectivity index (χ2v) is 7.10. The monoisotopic (exact) mass is 429 g/mol. The van der Waals surface area contributed by atoms with Crippen molar-refractivity contribution in [2.24, 2.45) is 5.73 Å². The van der Waals surface area contributed by atoms with Crippen LogP contribution in [0.1, 0.15) is 44.9 Å². The van der Waals surface area contributed by atoms with Crippen LogP contribution in [0.3, 0.4) is 0 Å². The van der Waals surface area contributed by atoms with Crippen molar-refractivity contribution in [3.05, 3.63) is 0 Å². The molecule has 1 aliphatic rings. The van der Waals surface area contributed by atoms with Gasteiger partial charge in [-0.25, -0.2) is 4.79 Å². The zero-order valence-electron chi connectivity index (χ0n) is 16.8. The molecule has 0 aromatic heterocycles. The first-order chi connectivity index (χ1) is 14.2. The van der Waals surface area contributed by atoms with Crippen molar-refractivity contribution < 1.29 is 34.2 Å². The van der Waals surface area contributed by atoms with Crippen LogP contribution in [0.2, 0.25) is 0 Å². The van der Waals surface area contributed by atoms with Crippen molar-refractivity contribution in [2.45, 2.75) is 63.1 Å². The van der Waals surface area contributed by atoms with Gasteiger partial charge in [0.15, 0.2) is 0 Å². The lowest BCUT2D eigenvalue weighted by Crippen LogP contribution is -2.53. The first-order valence-corrected chi connectivity index (χ1v) is 10.00. The van der Waals surface area contributed by atoms with E-state index in [4.69, 9.17) is 10.8 Å². The number of hydrogen-bond donors (Lipinski definition) is 7. The molecule has 1 rings (SSSR count). The zero-order valence-corrected chi connectivity index (χ0v) is 16.8. The summed E-state index contributed by atoms with van der Waals surface area (Å²) in [7, 11) is 0. The van der Waals surface area contributed by atoms with E-state index in [1.807, 2.05) is 0 Å². The molecule has 3 unspecified atom stereocenters. The summed E-state index contributed by atoms with van der Waals surface area (Å²) < 4.78 is 0. The van der Waals surface area contributed by atoms with Crippen molar-refractivity contribution in [1.82, 2.24) is 21.3 Å². The molecule has 0 spiro atoms. The second-order valence-electron chi connectivity index (χ2n) is 7.10. The molecule has 3 atom stereocenters. The number of carbonyl (C=O) groups is 5. The fraction of sp³-hybridized carbons (Fsp3) is 0.722. The third-order valence-corrected chi connectivity index (χ3v) is 4.66. The van der Waals surface area contributed by atoms with E-state index < -0.39 is 42.3 Å². The van der Waals surface area contributed by atoms with Crippen LogP contribution in [0.25, 0.3) is 0 Å². The number of hydrogen-bond acceptors (Lipinski definition) is 7. The maximum atomic E-state index is 12.5. The molecule has 0 aliphatic carbocycles. The van der Waals surface area contributed by atoms with Gasteiger partial charge in [-0.1, -0.05) is 0 Å². The van der Waals surface area contributed by atoms with Crippen LogP contribution in [0.4, 0.5) is 0 Å². The molecule has 8 N–H and O–H groups in total. The average Bonchev–Trinajstić information content (AvgIpc) is 3.23. The highest BCUT2D eigenvalue weighted by molar-refractivity contribution is 5.92. The molecule has 1 heterocycles. The lowest BCUT2D eigenvalue weighted by atomic mass is 10.1. The van der Waals surface area contributed by atoms with Crippen LogP contribution in [-0.4, -0.2) is 77.6 Å². The summed E-state index contributed by atoms with van der Waals surface area (Å²) in [4.78, 5) is 58.6. The summed E-state index contributed by atoms with van der Waals surface area (Å²) in [5.41, 5.74) is 5.45. The smallest absolute Gasteiger partial charge is 0.326 e. The topological polar surface area (TPSA) is 200 Å². The lowest BCUT2D eigenvalue weighted by Gasteiger charge is -2.21. The Balaban J connectivity index is 2.62. The normalized spacial score (nSPS) is 17.6. The van der Waals surface area contributed by atoms with Crippen LogP contribution in [0, 0.1) is 0 Å². The Bertz CT molecular complexity index is 622. The third-order valence-electron chi connectivity index (χ3n) is 4.66. The minimum atomic E-state index is -1.39. The van der Waals surface area contributed by atoms with Crippen molar-refractivity contribution in [1.29, 1.82) is 0 Å².